The summed E-state index contributed by atoms with van der Waals surface area (Å²) >= 11 is 0. The van der Waals surface area contributed by atoms with Gasteiger partial charge in [-0.3, -0.25) is 0 Å². The first-order chi connectivity index (χ1) is 3.43. The van der Waals surface area contributed by atoms with Gasteiger partial charge in [0.25, 0.3) is 0 Å². The summed E-state index contributed by atoms with van der Waals surface area (Å²) in [6.07, 6.45) is 4.63. The molecule has 0 N–H and O–H groups in total. The van der Waals surface area contributed by atoms with Crippen molar-refractivity contribution < 1.29 is 9.78 Å². The number of hydrogen-bond donors (Lipinski definition) is 0. The first kappa shape index (κ1) is 4.65. The Balaban J connectivity index is 2.28. The van der Waals surface area contributed by atoms with Gasteiger partial charge >= 0.3 is 0 Å². The predicted octanol–water partition coefficient (Wildman–Crippen LogP) is 1.24. The van der Waals surface area contributed by atoms with E-state index in [2.05, 4.69) is 4.89 Å². The van der Waals surface area contributed by atoms with E-state index in [1.54, 1.807) is 6.26 Å². The molecule has 40 valence electrons. The minimum atomic E-state index is 0.194. The van der Waals surface area contributed by atoms with Crippen molar-refractivity contribution in [3.8, 4) is 0 Å². The van der Waals surface area contributed by atoms with Gasteiger partial charge in [-0.05, 0) is 12.5 Å². The van der Waals surface area contributed by atoms with Gasteiger partial charge in [0, 0.05) is 0 Å². The predicted molar refractivity (Wildman–Crippen MR) is 25.4 cm³/mol. The fourth-order valence-electron chi connectivity index (χ4n) is 0.459. The second kappa shape index (κ2) is 1.98. The van der Waals surface area contributed by atoms with E-state index in [9.17, 15) is 0 Å². The van der Waals surface area contributed by atoms with Crippen molar-refractivity contribution in [3.63, 3.8) is 0 Å². The van der Waals surface area contributed by atoms with Crippen molar-refractivity contribution >= 4 is 0 Å². The van der Waals surface area contributed by atoms with Crippen LogP contribution in [0, 0.1) is 0 Å². The average molecular weight is 100 g/mol. The van der Waals surface area contributed by atoms with Crippen LogP contribution in [0.25, 0.3) is 0 Å². The minimum absolute atomic E-state index is 0.194. The monoisotopic (exact) mass is 100 g/mol. The van der Waals surface area contributed by atoms with Crippen molar-refractivity contribution in [2.24, 2.45) is 0 Å². The van der Waals surface area contributed by atoms with E-state index in [4.69, 9.17) is 4.89 Å². The Morgan fingerprint density at radius 3 is 2.86 bits per heavy atom. The SMILES string of the molecule is CCC1C=COO1. The van der Waals surface area contributed by atoms with Crippen LogP contribution in [0.2, 0.25) is 0 Å². The molecule has 0 saturated carbocycles. The maximum absolute atomic E-state index is 4.69. The Morgan fingerprint density at radius 2 is 2.57 bits per heavy atom. The Morgan fingerprint density at radius 1 is 1.71 bits per heavy atom. The molecule has 0 aromatic heterocycles. The maximum atomic E-state index is 4.69. The topological polar surface area (TPSA) is 18.5 Å². The molecule has 2 nitrogen and oxygen atoms in total. The van der Waals surface area contributed by atoms with E-state index >= 15 is 0 Å². The minimum Gasteiger partial charge on any atom is -0.345 e. The lowest BCUT2D eigenvalue weighted by Crippen LogP contribution is -1.99. The summed E-state index contributed by atoms with van der Waals surface area (Å²) < 4.78 is 0. The fourth-order valence-corrected chi connectivity index (χ4v) is 0.459. The van der Waals surface area contributed by atoms with Gasteiger partial charge in [0.05, 0.1) is 0 Å². The van der Waals surface area contributed by atoms with Gasteiger partial charge in [0.2, 0.25) is 0 Å². The van der Waals surface area contributed by atoms with Crippen LogP contribution in [-0.4, -0.2) is 6.10 Å². The summed E-state index contributed by atoms with van der Waals surface area (Å²) in [5, 5.41) is 0. The summed E-state index contributed by atoms with van der Waals surface area (Å²) in [6, 6.07) is 0. The van der Waals surface area contributed by atoms with Crippen LogP contribution in [0.4, 0.5) is 0 Å². The largest absolute Gasteiger partial charge is 0.345 e. The lowest BCUT2D eigenvalue weighted by molar-refractivity contribution is -0.252. The highest BCUT2D eigenvalue weighted by Gasteiger charge is 2.06. The van der Waals surface area contributed by atoms with Gasteiger partial charge in [-0.25, -0.2) is 0 Å². The Hall–Kier alpha value is -0.500. The van der Waals surface area contributed by atoms with E-state index in [1.807, 2.05) is 13.0 Å². The fraction of sp³-hybridized carbons (Fsp3) is 0.600. The molecule has 0 amide bonds. The highest BCUT2D eigenvalue weighted by atomic mass is 17.2. The van der Waals surface area contributed by atoms with E-state index in [-0.39, 0.29) is 6.10 Å². The zero-order valence-corrected chi connectivity index (χ0v) is 4.26. The molecule has 0 aliphatic carbocycles. The van der Waals surface area contributed by atoms with Crippen molar-refractivity contribution in [2.75, 3.05) is 0 Å². The van der Waals surface area contributed by atoms with Crippen LogP contribution < -0.4 is 0 Å². The molecule has 7 heavy (non-hydrogen) atoms. The molecule has 0 spiro atoms. The zero-order valence-electron chi connectivity index (χ0n) is 4.26. The first-order valence-electron chi connectivity index (χ1n) is 2.42. The van der Waals surface area contributed by atoms with Crippen LogP contribution in [0.15, 0.2) is 12.3 Å². The molecular formula is C5H8O2. The van der Waals surface area contributed by atoms with Gasteiger partial charge in [-0.1, -0.05) is 6.92 Å². The first-order valence-corrected chi connectivity index (χ1v) is 2.42. The van der Waals surface area contributed by atoms with Gasteiger partial charge < -0.3 is 4.89 Å². The van der Waals surface area contributed by atoms with E-state index in [1.165, 1.54) is 0 Å². The van der Waals surface area contributed by atoms with E-state index < -0.39 is 0 Å². The Kier molecular flexibility index (Phi) is 1.32. The summed E-state index contributed by atoms with van der Waals surface area (Å²) in [6.45, 7) is 2.05. The van der Waals surface area contributed by atoms with Crippen molar-refractivity contribution in [1.82, 2.24) is 0 Å². The van der Waals surface area contributed by atoms with Crippen molar-refractivity contribution in [3.05, 3.63) is 12.3 Å². The molecule has 0 bridgehead atoms. The normalized spacial score (nSPS) is 27.9. The molecular weight excluding hydrogens is 92.1 g/mol. The van der Waals surface area contributed by atoms with Crippen LogP contribution in [0.5, 0.6) is 0 Å². The molecule has 1 atom stereocenters. The molecule has 0 radical (unpaired) electrons. The third-order valence-electron chi connectivity index (χ3n) is 0.930. The molecule has 0 aromatic carbocycles. The second-order valence-corrected chi connectivity index (χ2v) is 1.47. The molecule has 1 heterocycles. The van der Waals surface area contributed by atoms with E-state index in [0.29, 0.717) is 0 Å². The Bertz CT molecular complexity index is 78.1. The number of hydrogen-bond acceptors (Lipinski definition) is 2. The molecule has 1 unspecified atom stereocenters. The lowest BCUT2D eigenvalue weighted by Gasteiger charge is -1.97. The smallest absolute Gasteiger partial charge is 0.128 e. The van der Waals surface area contributed by atoms with Crippen LogP contribution in [0.1, 0.15) is 13.3 Å². The molecule has 0 aromatic rings. The quantitative estimate of drug-likeness (QED) is 0.461. The van der Waals surface area contributed by atoms with Crippen LogP contribution in [-0.2, 0) is 9.78 Å². The van der Waals surface area contributed by atoms with Crippen LogP contribution in [0.3, 0.4) is 0 Å². The average Bonchev–Trinajstić information content (AvgIpc) is 2.14. The summed E-state index contributed by atoms with van der Waals surface area (Å²) in [7, 11) is 0. The second-order valence-electron chi connectivity index (χ2n) is 1.47. The summed E-state index contributed by atoms with van der Waals surface area (Å²) in [5.74, 6) is 0. The van der Waals surface area contributed by atoms with Gasteiger partial charge in [0.1, 0.15) is 12.4 Å². The standard InChI is InChI=1S/C5H8O2/c1-2-5-3-4-6-7-5/h3-5H,2H2,1H3. The lowest BCUT2D eigenvalue weighted by atomic mass is 10.3. The molecule has 1 rings (SSSR count). The third-order valence-corrected chi connectivity index (χ3v) is 0.930. The number of rotatable bonds is 1. The summed E-state index contributed by atoms with van der Waals surface area (Å²) in [4.78, 5) is 9.16. The molecule has 1 aliphatic heterocycles. The summed E-state index contributed by atoms with van der Waals surface area (Å²) in [5.41, 5.74) is 0. The third kappa shape index (κ3) is 0.933. The van der Waals surface area contributed by atoms with Crippen LogP contribution >= 0.6 is 0 Å². The maximum Gasteiger partial charge on any atom is 0.128 e. The Labute approximate surface area is 42.7 Å². The zero-order chi connectivity index (χ0) is 5.11. The molecule has 0 fully saturated rings. The van der Waals surface area contributed by atoms with Crippen molar-refractivity contribution in [1.29, 1.82) is 0 Å². The molecule has 0 saturated heterocycles. The molecule has 1 aliphatic rings. The van der Waals surface area contributed by atoms with Gasteiger partial charge in [-0.2, -0.15) is 4.89 Å². The van der Waals surface area contributed by atoms with E-state index in [0.717, 1.165) is 6.42 Å². The van der Waals surface area contributed by atoms with Crippen molar-refractivity contribution in [2.45, 2.75) is 19.4 Å². The van der Waals surface area contributed by atoms with Gasteiger partial charge in [0.15, 0.2) is 0 Å². The highest BCUT2D eigenvalue weighted by molar-refractivity contribution is 4.85. The van der Waals surface area contributed by atoms with Gasteiger partial charge in [-0.15, -0.1) is 0 Å². The molecule has 2 heteroatoms. The highest BCUT2D eigenvalue weighted by Crippen LogP contribution is 2.06.